The second-order valence-corrected chi connectivity index (χ2v) is 7.51. The van der Waals surface area contributed by atoms with Gasteiger partial charge in [-0.2, -0.15) is 10.4 Å². The van der Waals surface area contributed by atoms with Crippen LogP contribution in [0.4, 0.5) is 4.39 Å². The van der Waals surface area contributed by atoms with Crippen LogP contribution < -0.4 is 5.73 Å². The minimum Gasteiger partial charge on any atom is -0.469 e. The molecule has 0 spiro atoms. The molecule has 5 rings (SSSR count). The van der Waals surface area contributed by atoms with Crippen LogP contribution in [-0.4, -0.2) is 16.0 Å². The number of furan rings is 1. The van der Waals surface area contributed by atoms with Gasteiger partial charge in [0, 0.05) is 35.5 Å². The van der Waals surface area contributed by atoms with E-state index in [2.05, 4.69) is 16.3 Å². The van der Waals surface area contributed by atoms with Crippen molar-refractivity contribution in [2.24, 2.45) is 5.73 Å². The molecule has 7 nitrogen and oxygen atoms in total. The van der Waals surface area contributed by atoms with Crippen LogP contribution in [0.1, 0.15) is 36.0 Å². The molecule has 1 aromatic carbocycles. The van der Waals surface area contributed by atoms with Gasteiger partial charge in [0.1, 0.15) is 29.0 Å². The molecule has 0 bridgehead atoms. The zero-order valence-corrected chi connectivity index (χ0v) is 16.3. The van der Waals surface area contributed by atoms with Crippen LogP contribution in [0.3, 0.4) is 0 Å². The number of nitrogens with one attached hydrogen (secondary N) is 1. The maximum absolute atomic E-state index is 13.4. The predicted octanol–water partition coefficient (Wildman–Crippen LogP) is 4.02. The first-order chi connectivity index (χ1) is 15.1. The van der Waals surface area contributed by atoms with Crippen LogP contribution in [0.2, 0.25) is 0 Å². The highest BCUT2D eigenvalue weighted by Gasteiger charge is 2.42. The first kappa shape index (κ1) is 18.9. The standard InChI is InChI=1S/C23H17FN4O3/c24-14-5-3-12(4-6-14)22-16(11-27-28-22)20-15(10-25)23(26)31-19-9-13(8-17(29)21(19)20)18-2-1-7-30-18/h1-7,11,13,20H,8-9,26H2,(H,27,28). The fourth-order valence-corrected chi connectivity index (χ4v) is 4.31. The van der Waals surface area contributed by atoms with Crippen molar-refractivity contribution in [2.45, 2.75) is 24.7 Å². The number of allylic oxidation sites excluding steroid dienone is 3. The number of hydrogen-bond acceptors (Lipinski definition) is 6. The third-order valence-electron chi connectivity index (χ3n) is 5.72. The van der Waals surface area contributed by atoms with Crippen molar-refractivity contribution in [3.63, 3.8) is 0 Å². The lowest BCUT2D eigenvalue weighted by Crippen LogP contribution is -2.29. The van der Waals surface area contributed by atoms with Crippen molar-refractivity contribution in [1.29, 1.82) is 5.26 Å². The molecule has 1 aliphatic carbocycles. The third kappa shape index (κ3) is 3.11. The normalized spacial score (nSPS) is 21.0. The summed E-state index contributed by atoms with van der Waals surface area (Å²) in [4.78, 5) is 13.3. The molecule has 0 saturated heterocycles. The lowest BCUT2D eigenvalue weighted by atomic mass is 9.74. The van der Waals surface area contributed by atoms with Crippen LogP contribution in [0, 0.1) is 17.1 Å². The Kier molecular flexibility index (Phi) is 4.44. The molecule has 0 radical (unpaired) electrons. The van der Waals surface area contributed by atoms with Crippen molar-refractivity contribution in [3.05, 3.63) is 88.8 Å². The summed E-state index contributed by atoms with van der Waals surface area (Å²) in [5.74, 6) is -0.301. The highest BCUT2D eigenvalue weighted by Crippen LogP contribution is 2.48. The van der Waals surface area contributed by atoms with Gasteiger partial charge in [-0.15, -0.1) is 0 Å². The zero-order chi connectivity index (χ0) is 21.5. The largest absolute Gasteiger partial charge is 0.469 e. The number of carbonyl (C=O) groups excluding carboxylic acids is 1. The van der Waals surface area contributed by atoms with Crippen molar-refractivity contribution in [2.75, 3.05) is 0 Å². The van der Waals surface area contributed by atoms with Gasteiger partial charge in [0.25, 0.3) is 0 Å². The van der Waals surface area contributed by atoms with E-state index in [0.717, 1.165) is 0 Å². The molecule has 1 aliphatic heterocycles. The Bertz CT molecular complexity index is 1260. The summed E-state index contributed by atoms with van der Waals surface area (Å²) in [7, 11) is 0. The molecule has 154 valence electrons. The Labute approximate surface area is 176 Å². The van der Waals surface area contributed by atoms with E-state index in [-0.39, 0.29) is 35.4 Å². The quantitative estimate of drug-likeness (QED) is 0.666. The first-order valence-corrected chi connectivity index (χ1v) is 9.73. The number of aromatic nitrogens is 2. The monoisotopic (exact) mass is 416 g/mol. The maximum atomic E-state index is 13.4. The summed E-state index contributed by atoms with van der Waals surface area (Å²) < 4.78 is 24.6. The van der Waals surface area contributed by atoms with Gasteiger partial charge in [-0.1, -0.05) is 0 Å². The number of carbonyl (C=O) groups is 1. The lowest BCUT2D eigenvalue weighted by Gasteiger charge is -2.33. The van der Waals surface area contributed by atoms with E-state index in [1.807, 2.05) is 6.07 Å². The number of benzene rings is 1. The van der Waals surface area contributed by atoms with Gasteiger partial charge >= 0.3 is 0 Å². The Morgan fingerprint density at radius 2 is 2.03 bits per heavy atom. The number of hydrogen-bond donors (Lipinski definition) is 2. The number of halogens is 1. The van der Waals surface area contributed by atoms with E-state index >= 15 is 0 Å². The molecular weight excluding hydrogens is 399 g/mol. The van der Waals surface area contributed by atoms with Crippen LogP contribution in [-0.2, 0) is 9.53 Å². The Balaban J connectivity index is 1.63. The summed E-state index contributed by atoms with van der Waals surface area (Å²) in [6.45, 7) is 0. The third-order valence-corrected chi connectivity index (χ3v) is 5.72. The summed E-state index contributed by atoms with van der Waals surface area (Å²) in [6.07, 6.45) is 3.79. The number of aromatic amines is 1. The SMILES string of the molecule is N#CC1=C(N)OC2=C(C(=O)CC(c3ccco3)C2)C1c1cn[nH]c1-c1ccc(F)cc1. The zero-order valence-electron chi connectivity index (χ0n) is 16.3. The van der Waals surface area contributed by atoms with E-state index in [0.29, 0.717) is 40.3 Å². The van der Waals surface area contributed by atoms with Gasteiger partial charge < -0.3 is 14.9 Å². The van der Waals surface area contributed by atoms with E-state index < -0.39 is 5.92 Å². The van der Waals surface area contributed by atoms with Gasteiger partial charge in [0.15, 0.2) is 5.78 Å². The summed E-state index contributed by atoms with van der Waals surface area (Å²) in [6, 6.07) is 11.6. The topological polar surface area (TPSA) is 118 Å². The van der Waals surface area contributed by atoms with E-state index in [1.165, 1.54) is 12.1 Å². The highest BCUT2D eigenvalue weighted by atomic mass is 19.1. The van der Waals surface area contributed by atoms with Gasteiger partial charge in [-0.3, -0.25) is 9.89 Å². The molecule has 3 heterocycles. The van der Waals surface area contributed by atoms with Gasteiger partial charge in [0.2, 0.25) is 5.88 Å². The number of ketones is 1. The average molecular weight is 416 g/mol. The average Bonchev–Trinajstić information content (AvgIpc) is 3.45. The molecule has 2 unspecified atom stereocenters. The molecule has 0 fully saturated rings. The molecule has 3 aromatic rings. The number of nitrogens with two attached hydrogens (primary N) is 1. The van der Waals surface area contributed by atoms with Gasteiger partial charge in [-0.25, -0.2) is 4.39 Å². The fraction of sp³-hybridized carbons (Fsp3) is 0.174. The Morgan fingerprint density at radius 3 is 2.74 bits per heavy atom. The van der Waals surface area contributed by atoms with E-state index in [1.54, 1.807) is 30.7 Å². The van der Waals surface area contributed by atoms with E-state index in [4.69, 9.17) is 14.9 Å². The van der Waals surface area contributed by atoms with Gasteiger partial charge in [-0.05, 0) is 36.4 Å². The van der Waals surface area contributed by atoms with Crippen LogP contribution >= 0.6 is 0 Å². The molecule has 2 aliphatic rings. The van der Waals surface area contributed by atoms with Crippen molar-refractivity contribution in [1.82, 2.24) is 10.2 Å². The molecule has 2 atom stereocenters. The number of Topliss-reactive ketones (excluding diaryl/α,β-unsaturated/α-hetero) is 1. The van der Waals surface area contributed by atoms with Crippen LogP contribution in [0.5, 0.6) is 0 Å². The van der Waals surface area contributed by atoms with Crippen molar-refractivity contribution >= 4 is 5.78 Å². The van der Waals surface area contributed by atoms with Crippen molar-refractivity contribution in [3.8, 4) is 17.3 Å². The predicted molar refractivity (Wildman–Crippen MR) is 107 cm³/mol. The summed E-state index contributed by atoms with van der Waals surface area (Å²) in [5.41, 5.74) is 8.51. The minimum atomic E-state index is -0.724. The number of H-pyrrole nitrogens is 1. The van der Waals surface area contributed by atoms with E-state index in [9.17, 15) is 14.4 Å². The molecule has 8 heteroatoms. The first-order valence-electron chi connectivity index (χ1n) is 9.73. The summed E-state index contributed by atoms with van der Waals surface area (Å²) >= 11 is 0. The second kappa shape index (κ2) is 7.29. The molecule has 3 N–H and O–H groups in total. The molecule has 2 aromatic heterocycles. The summed E-state index contributed by atoms with van der Waals surface area (Å²) in [5, 5.41) is 16.8. The maximum Gasteiger partial charge on any atom is 0.205 e. The second-order valence-electron chi connectivity index (χ2n) is 7.51. The van der Waals surface area contributed by atoms with Crippen molar-refractivity contribution < 1.29 is 18.3 Å². The van der Waals surface area contributed by atoms with Crippen LogP contribution in [0.25, 0.3) is 11.3 Å². The molecular formula is C23H17FN4O3. The smallest absolute Gasteiger partial charge is 0.205 e. The van der Waals surface area contributed by atoms with Crippen LogP contribution in [0.15, 0.2) is 76.1 Å². The molecule has 0 saturated carbocycles. The Morgan fingerprint density at radius 1 is 1.23 bits per heavy atom. The number of nitriles is 1. The molecule has 0 amide bonds. The molecule has 31 heavy (non-hydrogen) atoms. The number of ether oxygens (including phenoxy) is 1. The Hall–Kier alpha value is -4.12. The lowest BCUT2D eigenvalue weighted by molar-refractivity contribution is -0.117. The van der Waals surface area contributed by atoms with Gasteiger partial charge in [0.05, 0.1) is 24.1 Å². The minimum absolute atomic E-state index is 0.0367. The highest BCUT2D eigenvalue weighted by molar-refractivity contribution is 6.00. The fourth-order valence-electron chi connectivity index (χ4n) is 4.31. The number of nitrogens with zero attached hydrogens (tertiary/aromatic N) is 2. The number of rotatable bonds is 3.